The van der Waals surface area contributed by atoms with E-state index in [1.54, 1.807) is 0 Å². The molecule has 0 saturated heterocycles. The maximum absolute atomic E-state index is 11.8. The predicted octanol–water partition coefficient (Wildman–Crippen LogP) is 2.63. The molecular weight excluding hydrogens is 212 g/mol. The highest BCUT2D eigenvalue weighted by Gasteiger charge is 2.07. The number of hydrogen-bond donors (Lipinski definition) is 2. The van der Waals surface area contributed by atoms with Crippen LogP contribution in [0.1, 0.15) is 31.4 Å². The Labute approximate surface area is 104 Å². The van der Waals surface area contributed by atoms with Gasteiger partial charge in [-0.25, -0.2) is 0 Å². The fraction of sp³-hybridized carbons (Fsp3) is 0.500. The topological polar surface area (TPSA) is 41.1 Å². The molecule has 0 aliphatic rings. The average molecular weight is 234 g/mol. The van der Waals surface area contributed by atoms with E-state index in [2.05, 4.69) is 24.5 Å². The fourth-order valence-corrected chi connectivity index (χ4v) is 1.61. The summed E-state index contributed by atoms with van der Waals surface area (Å²) in [4.78, 5) is 11.8. The van der Waals surface area contributed by atoms with Crippen molar-refractivity contribution in [3.63, 3.8) is 0 Å². The molecule has 0 spiro atoms. The number of nitrogens with one attached hydrogen (secondary N) is 2. The number of carbonyl (C=O) groups is 1. The molecule has 94 valence electrons. The first-order valence-corrected chi connectivity index (χ1v) is 6.14. The molecule has 1 atom stereocenters. The highest BCUT2D eigenvalue weighted by Crippen LogP contribution is 2.18. The van der Waals surface area contributed by atoms with Crippen LogP contribution in [0.4, 0.5) is 5.69 Å². The summed E-state index contributed by atoms with van der Waals surface area (Å²) in [5, 5.41) is 6.14. The van der Waals surface area contributed by atoms with Crippen molar-refractivity contribution >= 4 is 11.6 Å². The molecule has 0 saturated carbocycles. The monoisotopic (exact) mass is 234 g/mol. The fourth-order valence-electron chi connectivity index (χ4n) is 1.61. The molecule has 3 heteroatoms. The summed E-state index contributed by atoms with van der Waals surface area (Å²) in [5.41, 5.74) is 3.13. The third-order valence-corrected chi connectivity index (χ3v) is 2.97. The minimum Gasteiger partial charge on any atom is -0.324 e. The molecule has 17 heavy (non-hydrogen) atoms. The van der Waals surface area contributed by atoms with Gasteiger partial charge in [0.05, 0.1) is 6.54 Å². The minimum absolute atomic E-state index is 0.0164. The maximum atomic E-state index is 11.8. The molecule has 0 fully saturated rings. The van der Waals surface area contributed by atoms with Crippen molar-refractivity contribution in [3.8, 4) is 0 Å². The van der Waals surface area contributed by atoms with Crippen molar-refractivity contribution in [1.29, 1.82) is 0 Å². The van der Waals surface area contributed by atoms with Crippen molar-refractivity contribution in [2.75, 3.05) is 11.9 Å². The van der Waals surface area contributed by atoms with Gasteiger partial charge in [0, 0.05) is 11.7 Å². The quantitative estimate of drug-likeness (QED) is 0.822. The molecule has 0 heterocycles. The molecule has 0 unspecified atom stereocenters. The van der Waals surface area contributed by atoms with Gasteiger partial charge < -0.3 is 10.6 Å². The Bertz CT molecular complexity index is 368. The molecule has 0 radical (unpaired) electrons. The normalized spacial score (nSPS) is 12.2. The zero-order valence-electron chi connectivity index (χ0n) is 11.1. The standard InChI is InChI=1S/C14H22N2O/c1-5-12(4)15-9-13(17)16-14-10(2)7-6-8-11(14)3/h6-8,12,15H,5,9H2,1-4H3,(H,16,17)/t12-/m1/s1. The largest absolute Gasteiger partial charge is 0.324 e. The second kappa shape index (κ2) is 6.40. The number of hydrogen-bond acceptors (Lipinski definition) is 2. The molecule has 1 aromatic rings. The zero-order valence-corrected chi connectivity index (χ0v) is 11.1. The van der Waals surface area contributed by atoms with E-state index in [1.165, 1.54) is 0 Å². The summed E-state index contributed by atoms with van der Waals surface area (Å²) in [6.07, 6.45) is 1.02. The van der Waals surface area contributed by atoms with Gasteiger partial charge in [-0.05, 0) is 38.3 Å². The maximum Gasteiger partial charge on any atom is 0.238 e. The van der Waals surface area contributed by atoms with Crippen LogP contribution in [0, 0.1) is 13.8 Å². The first kappa shape index (κ1) is 13.7. The van der Waals surface area contributed by atoms with Crippen LogP contribution in [0.5, 0.6) is 0 Å². The molecule has 1 rings (SSSR count). The number of aryl methyl sites for hydroxylation is 2. The van der Waals surface area contributed by atoms with Gasteiger partial charge in [0.15, 0.2) is 0 Å². The summed E-state index contributed by atoms with van der Waals surface area (Å²) in [6, 6.07) is 6.38. The van der Waals surface area contributed by atoms with Crippen molar-refractivity contribution in [3.05, 3.63) is 29.3 Å². The van der Waals surface area contributed by atoms with E-state index in [4.69, 9.17) is 0 Å². The van der Waals surface area contributed by atoms with E-state index in [1.807, 2.05) is 32.0 Å². The van der Waals surface area contributed by atoms with Crippen LogP contribution in [0.2, 0.25) is 0 Å². The Morgan fingerprint density at radius 3 is 2.41 bits per heavy atom. The number of anilines is 1. The van der Waals surface area contributed by atoms with E-state index in [-0.39, 0.29) is 5.91 Å². The molecule has 0 aliphatic carbocycles. The number of carbonyl (C=O) groups excluding carboxylic acids is 1. The molecule has 0 aromatic heterocycles. The Balaban J connectivity index is 2.56. The lowest BCUT2D eigenvalue weighted by Crippen LogP contribution is -2.34. The van der Waals surface area contributed by atoms with Crippen molar-refractivity contribution in [2.45, 2.75) is 40.2 Å². The molecule has 2 N–H and O–H groups in total. The first-order chi connectivity index (χ1) is 8.04. The molecule has 1 aromatic carbocycles. The highest BCUT2D eigenvalue weighted by molar-refractivity contribution is 5.93. The molecule has 1 amide bonds. The van der Waals surface area contributed by atoms with Crippen LogP contribution < -0.4 is 10.6 Å². The average Bonchev–Trinajstić information content (AvgIpc) is 2.31. The van der Waals surface area contributed by atoms with Gasteiger partial charge in [-0.15, -0.1) is 0 Å². The third kappa shape index (κ3) is 4.19. The van der Waals surface area contributed by atoms with Gasteiger partial charge in [0.1, 0.15) is 0 Å². The SMILES string of the molecule is CC[C@@H](C)NCC(=O)Nc1c(C)cccc1C. The van der Waals surface area contributed by atoms with Crippen LogP contribution in [-0.4, -0.2) is 18.5 Å². The van der Waals surface area contributed by atoms with E-state index in [9.17, 15) is 4.79 Å². The first-order valence-electron chi connectivity index (χ1n) is 6.14. The van der Waals surface area contributed by atoms with Crippen molar-refractivity contribution in [2.24, 2.45) is 0 Å². The summed E-state index contributed by atoms with van der Waals surface area (Å²) in [7, 11) is 0. The second-order valence-electron chi connectivity index (χ2n) is 4.51. The Morgan fingerprint density at radius 2 is 1.88 bits per heavy atom. The van der Waals surface area contributed by atoms with E-state index in [0.717, 1.165) is 23.2 Å². The van der Waals surface area contributed by atoms with E-state index < -0.39 is 0 Å². The lowest BCUT2D eigenvalue weighted by molar-refractivity contribution is -0.115. The second-order valence-corrected chi connectivity index (χ2v) is 4.51. The zero-order chi connectivity index (χ0) is 12.8. The van der Waals surface area contributed by atoms with Crippen LogP contribution in [0.3, 0.4) is 0 Å². The van der Waals surface area contributed by atoms with E-state index in [0.29, 0.717) is 12.6 Å². The summed E-state index contributed by atoms with van der Waals surface area (Å²) in [6.45, 7) is 8.55. The van der Waals surface area contributed by atoms with Gasteiger partial charge in [0.25, 0.3) is 0 Å². The minimum atomic E-state index is 0.0164. The van der Waals surface area contributed by atoms with Crippen molar-refractivity contribution in [1.82, 2.24) is 5.32 Å². The van der Waals surface area contributed by atoms with Gasteiger partial charge >= 0.3 is 0 Å². The smallest absolute Gasteiger partial charge is 0.238 e. The van der Waals surface area contributed by atoms with E-state index >= 15 is 0 Å². The van der Waals surface area contributed by atoms with Crippen LogP contribution >= 0.6 is 0 Å². The lowest BCUT2D eigenvalue weighted by Gasteiger charge is -2.14. The third-order valence-electron chi connectivity index (χ3n) is 2.97. The summed E-state index contributed by atoms with van der Waals surface area (Å²) in [5.74, 6) is 0.0164. The van der Waals surface area contributed by atoms with Crippen molar-refractivity contribution < 1.29 is 4.79 Å². The van der Waals surface area contributed by atoms with Gasteiger partial charge in [0.2, 0.25) is 5.91 Å². The molecular formula is C14H22N2O. The van der Waals surface area contributed by atoms with Gasteiger partial charge in [-0.2, -0.15) is 0 Å². The molecule has 0 aliphatic heterocycles. The lowest BCUT2D eigenvalue weighted by atomic mass is 10.1. The molecule has 0 bridgehead atoms. The van der Waals surface area contributed by atoms with Crippen LogP contribution in [0.25, 0.3) is 0 Å². The van der Waals surface area contributed by atoms with Crippen LogP contribution in [-0.2, 0) is 4.79 Å². The Kier molecular flexibility index (Phi) is 5.16. The Morgan fingerprint density at radius 1 is 1.29 bits per heavy atom. The Hall–Kier alpha value is -1.35. The van der Waals surface area contributed by atoms with Gasteiger partial charge in [-0.1, -0.05) is 25.1 Å². The summed E-state index contributed by atoms with van der Waals surface area (Å²) >= 11 is 0. The number of amides is 1. The predicted molar refractivity (Wildman–Crippen MR) is 72.3 cm³/mol. The number of para-hydroxylation sites is 1. The summed E-state index contributed by atoms with van der Waals surface area (Å²) < 4.78 is 0. The number of rotatable bonds is 5. The number of benzene rings is 1. The molecule has 3 nitrogen and oxygen atoms in total. The van der Waals surface area contributed by atoms with Gasteiger partial charge in [-0.3, -0.25) is 4.79 Å². The van der Waals surface area contributed by atoms with Crippen LogP contribution in [0.15, 0.2) is 18.2 Å². The highest BCUT2D eigenvalue weighted by atomic mass is 16.1.